The Morgan fingerprint density at radius 1 is 1.18 bits per heavy atom. The number of hydrogen-bond donors (Lipinski definition) is 1. The number of hydrogen-bond acceptors (Lipinski definition) is 8. The predicted molar refractivity (Wildman–Crippen MR) is 122 cm³/mol. The summed E-state index contributed by atoms with van der Waals surface area (Å²) in [7, 11) is -2.60. The molecule has 1 aromatic heterocycles. The SMILES string of the molecule is COc1ccc(S(=O)(=O)N2CCc3ccccc32)cc1C(=O)O[C@H](C)C(=O)Nc1cc(C)on1. The fourth-order valence-corrected chi connectivity index (χ4v) is 5.15. The van der Waals surface area contributed by atoms with Gasteiger partial charge in [0.25, 0.3) is 15.9 Å². The van der Waals surface area contributed by atoms with E-state index in [-0.39, 0.29) is 22.0 Å². The number of nitrogens with zero attached hydrogens (tertiary/aromatic N) is 2. The largest absolute Gasteiger partial charge is 0.496 e. The lowest BCUT2D eigenvalue weighted by molar-refractivity contribution is -0.123. The van der Waals surface area contributed by atoms with Gasteiger partial charge in [0.15, 0.2) is 11.9 Å². The minimum atomic E-state index is -3.94. The molecule has 0 fully saturated rings. The van der Waals surface area contributed by atoms with Gasteiger partial charge < -0.3 is 19.3 Å². The average molecular weight is 486 g/mol. The van der Waals surface area contributed by atoms with Gasteiger partial charge in [-0.1, -0.05) is 23.4 Å². The molecular formula is C23H23N3O7S. The monoisotopic (exact) mass is 485 g/mol. The van der Waals surface area contributed by atoms with Crippen molar-refractivity contribution in [1.82, 2.24) is 5.16 Å². The number of benzene rings is 2. The van der Waals surface area contributed by atoms with Crippen LogP contribution in [0.2, 0.25) is 0 Å². The average Bonchev–Trinajstić information content (AvgIpc) is 3.44. The highest BCUT2D eigenvalue weighted by atomic mass is 32.2. The molecule has 1 atom stereocenters. The Balaban J connectivity index is 1.56. The van der Waals surface area contributed by atoms with Crippen molar-refractivity contribution < 1.29 is 32.0 Å². The van der Waals surface area contributed by atoms with Gasteiger partial charge in [-0.05, 0) is 50.1 Å². The summed E-state index contributed by atoms with van der Waals surface area (Å²) in [6.07, 6.45) is -0.599. The second kappa shape index (κ2) is 9.18. The number of esters is 1. The second-order valence-electron chi connectivity index (χ2n) is 7.68. The Hall–Kier alpha value is -3.86. The van der Waals surface area contributed by atoms with Crippen molar-refractivity contribution in [2.45, 2.75) is 31.3 Å². The lowest BCUT2D eigenvalue weighted by atomic mass is 10.2. The molecule has 0 unspecified atom stereocenters. The van der Waals surface area contributed by atoms with E-state index in [1.54, 1.807) is 19.1 Å². The molecule has 0 radical (unpaired) electrons. The molecule has 3 aromatic rings. The molecule has 0 saturated heterocycles. The maximum absolute atomic E-state index is 13.4. The number of methoxy groups -OCH3 is 1. The van der Waals surface area contributed by atoms with Crippen molar-refractivity contribution in [3.05, 3.63) is 65.4 Å². The number of anilines is 2. The van der Waals surface area contributed by atoms with Gasteiger partial charge in [-0.3, -0.25) is 9.10 Å². The van der Waals surface area contributed by atoms with Crippen molar-refractivity contribution >= 4 is 33.4 Å². The Kier molecular flexibility index (Phi) is 6.29. The number of amides is 1. The van der Waals surface area contributed by atoms with Gasteiger partial charge in [-0.2, -0.15) is 0 Å². The van der Waals surface area contributed by atoms with E-state index in [0.717, 1.165) is 5.56 Å². The third-order valence-electron chi connectivity index (χ3n) is 5.36. The number of carbonyl (C=O) groups excluding carboxylic acids is 2. The highest BCUT2D eigenvalue weighted by molar-refractivity contribution is 7.92. The van der Waals surface area contributed by atoms with Gasteiger partial charge in [0.1, 0.15) is 17.1 Å². The molecule has 1 amide bonds. The highest BCUT2D eigenvalue weighted by Crippen LogP contribution is 2.34. The van der Waals surface area contributed by atoms with E-state index in [1.807, 2.05) is 12.1 Å². The molecule has 10 nitrogen and oxygen atoms in total. The number of aromatic nitrogens is 1. The van der Waals surface area contributed by atoms with Crippen LogP contribution in [0.25, 0.3) is 0 Å². The van der Waals surface area contributed by atoms with Crippen LogP contribution in [0.1, 0.15) is 28.6 Å². The van der Waals surface area contributed by atoms with Crippen LogP contribution >= 0.6 is 0 Å². The smallest absolute Gasteiger partial charge is 0.342 e. The molecule has 1 N–H and O–H groups in total. The number of rotatable bonds is 7. The molecule has 4 rings (SSSR count). The fourth-order valence-electron chi connectivity index (χ4n) is 3.62. The molecule has 1 aliphatic rings. The molecule has 178 valence electrons. The zero-order valence-corrected chi connectivity index (χ0v) is 19.6. The quantitative estimate of drug-likeness (QED) is 0.506. The van der Waals surface area contributed by atoms with Crippen molar-refractivity contribution in [2.24, 2.45) is 0 Å². The Bertz CT molecular complexity index is 1350. The van der Waals surface area contributed by atoms with E-state index in [4.69, 9.17) is 14.0 Å². The van der Waals surface area contributed by atoms with E-state index < -0.39 is 28.0 Å². The maximum atomic E-state index is 13.4. The topological polar surface area (TPSA) is 128 Å². The Labute approximate surface area is 196 Å². The molecule has 11 heteroatoms. The van der Waals surface area contributed by atoms with Crippen LogP contribution in [0.5, 0.6) is 5.75 Å². The molecule has 0 saturated carbocycles. The summed E-state index contributed by atoms with van der Waals surface area (Å²) < 4.78 is 43.4. The molecule has 0 spiro atoms. The van der Waals surface area contributed by atoms with Gasteiger partial charge in [-0.15, -0.1) is 0 Å². The van der Waals surface area contributed by atoms with E-state index in [0.29, 0.717) is 24.4 Å². The van der Waals surface area contributed by atoms with Gasteiger partial charge in [-0.25, -0.2) is 13.2 Å². The van der Waals surface area contributed by atoms with Crippen LogP contribution in [-0.2, 0) is 26.0 Å². The summed E-state index contributed by atoms with van der Waals surface area (Å²) in [5.41, 5.74) is 1.42. The van der Waals surface area contributed by atoms with E-state index in [9.17, 15) is 18.0 Å². The third-order valence-corrected chi connectivity index (χ3v) is 7.16. The van der Waals surface area contributed by atoms with Crippen LogP contribution in [0.15, 0.2) is 57.9 Å². The molecular weight excluding hydrogens is 462 g/mol. The first-order valence-electron chi connectivity index (χ1n) is 10.4. The van der Waals surface area contributed by atoms with Crippen molar-refractivity contribution in [2.75, 3.05) is 23.3 Å². The number of carbonyl (C=O) groups is 2. The summed E-state index contributed by atoms with van der Waals surface area (Å²) in [5, 5.41) is 6.13. The molecule has 1 aliphatic heterocycles. The number of sulfonamides is 1. The van der Waals surface area contributed by atoms with Crippen molar-refractivity contribution in [3.63, 3.8) is 0 Å². The molecule has 2 aromatic carbocycles. The summed E-state index contributed by atoms with van der Waals surface area (Å²) in [5.74, 6) is -0.733. The number of para-hydroxylation sites is 1. The van der Waals surface area contributed by atoms with Crippen molar-refractivity contribution in [3.8, 4) is 5.75 Å². The van der Waals surface area contributed by atoms with Gasteiger partial charge in [0, 0.05) is 12.6 Å². The Morgan fingerprint density at radius 3 is 2.65 bits per heavy atom. The fraction of sp³-hybridized carbons (Fsp3) is 0.261. The predicted octanol–water partition coefficient (Wildman–Crippen LogP) is 2.93. The minimum Gasteiger partial charge on any atom is -0.496 e. The standard InChI is InChI=1S/C23H23N3O7S/c1-14-12-21(25-33-14)24-22(27)15(2)32-23(28)18-13-17(8-9-20(18)31-3)34(29,30)26-11-10-16-6-4-5-7-19(16)26/h4-9,12-13,15H,10-11H2,1-3H3,(H,24,25,27)/t15-/m1/s1. The van der Waals surface area contributed by atoms with Crippen LogP contribution in [-0.4, -0.2) is 45.2 Å². The second-order valence-corrected chi connectivity index (χ2v) is 9.54. The number of fused-ring (bicyclic) bond motifs is 1. The summed E-state index contributed by atoms with van der Waals surface area (Å²) in [6, 6.07) is 12.7. The first-order chi connectivity index (χ1) is 16.2. The number of aryl methyl sites for hydroxylation is 1. The first-order valence-corrected chi connectivity index (χ1v) is 11.9. The normalized spacial score (nSPS) is 13.8. The van der Waals surface area contributed by atoms with Crippen LogP contribution in [0.3, 0.4) is 0 Å². The first kappa shape index (κ1) is 23.3. The van der Waals surface area contributed by atoms with E-state index in [2.05, 4.69) is 10.5 Å². The molecule has 34 heavy (non-hydrogen) atoms. The molecule has 0 bridgehead atoms. The van der Waals surface area contributed by atoms with Gasteiger partial charge >= 0.3 is 5.97 Å². The third kappa shape index (κ3) is 4.46. The minimum absolute atomic E-state index is 0.0906. The number of ether oxygens (including phenoxy) is 2. The molecule has 0 aliphatic carbocycles. The van der Waals surface area contributed by atoms with Gasteiger partial charge in [0.2, 0.25) is 0 Å². The lowest BCUT2D eigenvalue weighted by Crippen LogP contribution is -2.31. The van der Waals surface area contributed by atoms with E-state index >= 15 is 0 Å². The van der Waals surface area contributed by atoms with Crippen LogP contribution in [0.4, 0.5) is 11.5 Å². The van der Waals surface area contributed by atoms with Gasteiger partial charge in [0.05, 0.1) is 17.7 Å². The Morgan fingerprint density at radius 2 is 1.94 bits per heavy atom. The summed E-state index contributed by atoms with van der Waals surface area (Å²) >= 11 is 0. The zero-order chi connectivity index (χ0) is 24.5. The maximum Gasteiger partial charge on any atom is 0.342 e. The summed E-state index contributed by atoms with van der Waals surface area (Å²) in [6.45, 7) is 3.35. The zero-order valence-electron chi connectivity index (χ0n) is 18.8. The summed E-state index contributed by atoms with van der Waals surface area (Å²) in [4.78, 5) is 25.1. The van der Waals surface area contributed by atoms with E-state index in [1.165, 1.54) is 42.6 Å². The van der Waals surface area contributed by atoms with Crippen LogP contribution < -0.4 is 14.4 Å². The molecule has 2 heterocycles. The highest BCUT2D eigenvalue weighted by Gasteiger charge is 2.32. The number of nitrogens with one attached hydrogen (secondary N) is 1. The lowest BCUT2D eigenvalue weighted by Gasteiger charge is -2.20. The van der Waals surface area contributed by atoms with Crippen LogP contribution in [0, 0.1) is 6.92 Å². The van der Waals surface area contributed by atoms with Crippen molar-refractivity contribution in [1.29, 1.82) is 0 Å².